The first-order valence-corrected chi connectivity index (χ1v) is 9.23. The van der Waals surface area contributed by atoms with Crippen LogP contribution in [0.4, 0.5) is 0 Å². The quantitative estimate of drug-likeness (QED) is 0.498. The Hall–Kier alpha value is -2.44. The number of fused-ring (bicyclic) bond motifs is 1. The molecular weight excluding hydrogens is 340 g/mol. The molecule has 0 fully saturated rings. The fourth-order valence-corrected chi connectivity index (χ4v) is 4.13. The zero-order chi connectivity index (χ0) is 16.5. The Morgan fingerprint density at radius 2 is 2.12 bits per heavy atom. The number of para-hydroxylation sites is 1. The molecule has 0 spiro atoms. The molecular formula is C18H14N2O2S2. The normalized spacial score (nSPS) is 11.0. The summed E-state index contributed by atoms with van der Waals surface area (Å²) in [5.41, 5.74) is 3.48. The van der Waals surface area contributed by atoms with Crippen molar-refractivity contribution >= 4 is 39.5 Å². The zero-order valence-electron chi connectivity index (χ0n) is 12.9. The molecule has 0 aliphatic heterocycles. The number of esters is 1. The van der Waals surface area contributed by atoms with Crippen molar-refractivity contribution in [1.82, 2.24) is 9.55 Å². The van der Waals surface area contributed by atoms with Crippen LogP contribution in [0.5, 0.6) is 0 Å². The van der Waals surface area contributed by atoms with Crippen LogP contribution >= 0.6 is 22.7 Å². The van der Waals surface area contributed by atoms with E-state index < -0.39 is 0 Å². The van der Waals surface area contributed by atoms with Gasteiger partial charge < -0.3 is 9.30 Å². The molecule has 4 rings (SSSR count). The number of carbonyl (C=O) groups excluding carboxylic acids is 1. The topological polar surface area (TPSA) is 44.1 Å². The van der Waals surface area contributed by atoms with Gasteiger partial charge >= 0.3 is 5.97 Å². The van der Waals surface area contributed by atoms with Crippen LogP contribution in [0.3, 0.4) is 0 Å². The van der Waals surface area contributed by atoms with Gasteiger partial charge in [-0.15, -0.1) is 11.3 Å². The average Bonchev–Trinajstić information content (AvgIpc) is 3.33. The third kappa shape index (κ3) is 2.74. The first kappa shape index (κ1) is 15.1. The van der Waals surface area contributed by atoms with E-state index >= 15 is 0 Å². The zero-order valence-corrected chi connectivity index (χ0v) is 14.6. The molecule has 3 heterocycles. The summed E-state index contributed by atoms with van der Waals surface area (Å²) in [6.45, 7) is 0.183. The SMILES string of the molecule is Cn1cc(C(=O)OCc2csc(-c3ccsc3)n2)c2ccccc21. The molecule has 0 saturated heterocycles. The highest BCUT2D eigenvalue weighted by Crippen LogP contribution is 2.26. The minimum Gasteiger partial charge on any atom is -0.455 e. The molecule has 0 amide bonds. The smallest absolute Gasteiger partial charge is 0.340 e. The fraction of sp³-hybridized carbons (Fsp3) is 0.111. The van der Waals surface area contributed by atoms with Gasteiger partial charge in [0, 0.05) is 40.5 Å². The molecule has 0 saturated carbocycles. The molecule has 0 aliphatic rings. The number of thiazole rings is 1. The molecule has 0 aliphatic carbocycles. The molecule has 0 N–H and O–H groups in total. The van der Waals surface area contributed by atoms with E-state index in [2.05, 4.69) is 10.4 Å². The minimum absolute atomic E-state index is 0.183. The maximum atomic E-state index is 12.4. The Morgan fingerprint density at radius 1 is 1.25 bits per heavy atom. The van der Waals surface area contributed by atoms with Crippen LogP contribution in [0.2, 0.25) is 0 Å². The number of carbonyl (C=O) groups is 1. The van der Waals surface area contributed by atoms with Crippen molar-refractivity contribution < 1.29 is 9.53 Å². The van der Waals surface area contributed by atoms with E-state index in [-0.39, 0.29) is 12.6 Å². The largest absolute Gasteiger partial charge is 0.455 e. The van der Waals surface area contributed by atoms with Crippen molar-refractivity contribution in [2.75, 3.05) is 0 Å². The highest BCUT2D eigenvalue weighted by molar-refractivity contribution is 7.14. The number of ether oxygens (including phenoxy) is 1. The number of aryl methyl sites for hydroxylation is 1. The Bertz CT molecular complexity index is 999. The van der Waals surface area contributed by atoms with Crippen molar-refractivity contribution in [3.63, 3.8) is 0 Å². The summed E-state index contributed by atoms with van der Waals surface area (Å²) in [7, 11) is 1.92. The maximum absolute atomic E-state index is 12.4. The van der Waals surface area contributed by atoms with E-state index in [1.807, 2.05) is 58.9 Å². The van der Waals surface area contributed by atoms with Gasteiger partial charge in [-0.1, -0.05) is 18.2 Å². The van der Waals surface area contributed by atoms with Gasteiger partial charge in [0.15, 0.2) is 0 Å². The van der Waals surface area contributed by atoms with Gasteiger partial charge in [0.25, 0.3) is 0 Å². The van der Waals surface area contributed by atoms with Crippen molar-refractivity contribution in [3.8, 4) is 10.6 Å². The predicted octanol–water partition coefficient (Wildman–Crippen LogP) is 4.72. The predicted molar refractivity (Wildman–Crippen MR) is 97.5 cm³/mol. The van der Waals surface area contributed by atoms with Crippen LogP contribution in [-0.4, -0.2) is 15.5 Å². The van der Waals surface area contributed by atoms with Gasteiger partial charge in [0.05, 0.1) is 11.3 Å². The average molecular weight is 354 g/mol. The summed E-state index contributed by atoms with van der Waals surface area (Å²) >= 11 is 3.20. The molecule has 1 aromatic carbocycles. The van der Waals surface area contributed by atoms with Gasteiger partial charge in [0.2, 0.25) is 0 Å². The van der Waals surface area contributed by atoms with Crippen molar-refractivity contribution in [3.05, 3.63) is 63.9 Å². The van der Waals surface area contributed by atoms with Crippen molar-refractivity contribution in [2.24, 2.45) is 7.05 Å². The van der Waals surface area contributed by atoms with Crippen LogP contribution in [0.15, 0.2) is 52.7 Å². The fourth-order valence-electron chi connectivity index (χ4n) is 2.61. The highest BCUT2D eigenvalue weighted by Gasteiger charge is 2.15. The van der Waals surface area contributed by atoms with Crippen LogP contribution in [0.1, 0.15) is 16.1 Å². The van der Waals surface area contributed by atoms with Crippen LogP contribution in [-0.2, 0) is 18.4 Å². The summed E-state index contributed by atoms with van der Waals surface area (Å²) in [6, 6.07) is 9.84. The van der Waals surface area contributed by atoms with Crippen LogP contribution in [0.25, 0.3) is 21.5 Å². The van der Waals surface area contributed by atoms with Gasteiger partial charge in [-0.2, -0.15) is 11.3 Å². The molecule has 4 aromatic rings. The molecule has 6 heteroatoms. The van der Waals surface area contributed by atoms with Crippen LogP contribution < -0.4 is 0 Å². The number of rotatable bonds is 4. The molecule has 4 nitrogen and oxygen atoms in total. The number of hydrogen-bond donors (Lipinski definition) is 0. The Morgan fingerprint density at radius 3 is 2.96 bits per heavy atom. The third-order valence-corrected chi connectivity index (χ3v) is 5.41. The summed E-state index contributed by atoms with van der Waals surface area (Å²) in [6.07, 6.45) is 1.81. The van der Waals surface area contributed by atoms with Crippen molar-refractivity contribution in [1.29, 1.82) is 0 Å². The van der Waals surface area contributed by atoms with E-state index in [9.17, 15) is 4.79 Å². The first-order chi connectivity index (χ1) is 11.7. The molecule has 120 valence electrons. The van der Waals surface area contributed by atoms with Gasteiger partial charge in [0.1, 0.15) is 11.6 Å². The lowest BCUT2D eigenvalue weighted by molar-refractivity contribution is 0.0470. The number of nitrogens with zero attached hydrogens (tertiary/aromatic N) is 2. The monoisotopic (exact) mass is 354 g/mol. The molecule has 0 bridgehead atoms. The lowest BCUT2D eigenvalue weighted by Gasteiger charge is -2.01. The molecule has 24 heavy (non-hydrogen) atoms. The number of aromatic nitrogens is 2. The van der Waals surface area contributed by atoms with E-state index in [1.165, 1.54) is 0 Å². The van der Waals surface area contributed by atoms with Gasteiger partial charge in [-0.05, 0) is 17.5 Å². The minimum atomic E-state index is -0.322. The standard InChI is InChI=1S/C18H14N2O2S2/c1-20-8-15(14-4-2-3-5-16(14)20)18(21)22-9-13-11-24-17(19-13)12-6-7-23-10-12/h2-8,10-11H,9H2,1H3. The molecule has 3 aromatic heterocycles. The lowest BCUT2D eigenvalue weighted by Crippen LogP contribution is -2.05. The first-order valence-electron chi connectivity index (χ1n) is 7.40. The van der Waals surface area contributed by atoms with E-state index in [4.69, 9.17) is 4.74 Å². The summed E-state index contributed by atoms with van der Waals surface area (Å²) in [5.74, 6) is -0.322. The summed E-state index contributed by atoms with van der Waals surface area (Å²) < 4.78 is 7.39. The second kappa shape index (κ2) is 6.22. The third-order valence-electron chi connectivity index (χ3n) is 3.79. The second-order valence-electron chi connectivity index (χ2n) is 5.40. The van der Waals surface area contributed by atoms with E-state index in [1.54, 1.807) is 22.7 Å². The number of benzene rings is 1. The summed E-state index contributed by atoms with van der Waals surface area (Å²) in [5, 5.41) is 7.88. The Balaban J connectivity index is 1.50. The van der Waals surface area contributed by atoms with Crippen LogP contribution in [0, 0.1) is 0 Å². The maximum Gasteiger partial charge on any atom is 0.340 e. The highest BCUT2D eigenvalue weighted by atomic mass is 32.1. The number of hydrogen-bond acceptors (Lipinski definition) is 5. The van der Waals surface area contributed by atoms with E-state index in [0.29, 0.717) is 5.56 Å². The lowest BCUT2D eigenvalue weighted by atomic mass is 10.2. The van der Waals surface area contributed by atoms with E-state index in [0.717, 1.165) is 27.2 Å². The van der Waals surface area contributed by atoms with Crippen molar-refractivity contribution in [2.45, 2.75) is 6.61 Å². The Kier molecular flexibility index (Phi) is 3.92. The Labute approximate surface area is 147 Å². The second-order valence-corrected chi connectivity index (χ2v) is 7.04. The van der Waals surface area contributed by atoms with Gasteiger partial charge in [-0.25, -0.2) is 9.78 Å². The molecule has 0 unspecified atom stereocenters. The summed E-state index contributed by atoms with van der Waals surface area (Å²) in [4.78, 5) is 17.0. The van der Waals surface area contributed by atoms with Gasteiger partial charge in [-0.3, -0.25) is 0 Å². The molecule has 0 radical (unpaired) electrons. The molecule has 0 atom stereocenters. The number of thiophene rings is 1.